The Hall–Kier alpha value is -1.17. The largest absolute Gasteiger partial charge is 0.506 e. The molecule has 12 heavy (non-hydrogen) atoms. The Morgan fingerprint density at radius 3 is 2.42 bits per heavy atom. The maximum atomic E-state index is 11.9. The zero-order chi connectivity index (χ0) is 9.35. The fourth-order valence-electron chi connectivity index (χ4n) is 0.787. The Morgan fingerprint density at radius 2 is 2.08 bits per heavy atom. The normalized spacial score (nSPS) is 14.7. The van der Waals surface area contributed by atoms with Crippen molar-refractivity contribution in [3.8, 4) is 5.75 Å². The van der Waals surface area contributed by atoms with E-state index in [1.165, 1.54) is 6.20 Å². The van der Waals surface area contributed by atoms with Gasteiger partial charge in [0.1, 0.15) is 11.8 Å². The first-order valence-corrected chi connectivity index (χ1v) is 3.11. The molecule has 0 aliphatic carbocycles. The van der Waals surface area contributed by atoms with Gasteiger partial charge in [-0.25, -0.2) is 0 Å². The molecule has 0 unspecified atom stereocenters. The first-order valence-electron chi connectivity index (χ1n) is 3.11. The summed E-state index contributed by atoms with van der Waals surface area (Å²) >= 11 is 0. The monoisotopic (exact) mass is 180 g/mol. The van der Waals surface area contributed by atoms with Crippen molar-refractivity contribution in [1.29, 1.82) is 0 Å². The van der Waals surface area contributed by atoms with E-state index < -0.39 is 23.7 Å². The Morgan fingerprint density at radius 1 is 1.50 bits per heavy atom. The first kappa shape index (κ1) is 8.92. The van der Waals surface area contributed by atoms with Crippen LogP contribution >= 0.6 is 0 Å². The molecule has 0 aromatic carbocycles. The van der Waals surface area contributed by atoms with Crippen LogP contribution in [0.4, 0.5) is 13.2 Å². The summed E-state index contributed by atoms with van der Waals surface area (Å²) in [7, 11) is 0. The number of nitrogens with one attached hydrogen (secondary N) is 1. The van der Waals surface area contributed by atoms with Crippen LogP contribution in [0, 0.1) is 0 Å². The standard InChI is InChI=1S/C6H7F3N2O/c7-6(8,9)5(10)4-3(12)1-2-11-4/h1-2,5,11-12H,10H2/t5-/m1/s1. The van der Waals surface area contributed by atoms with E-state index in [-0.39, 0.29) is 0 Å². The molecule has 1 aromatic rings. The van der Waals surface area contributed by atoms with Gasteiger partial charge in [-0.15, -0.1) is 0 Å². The maximum Gasteiger partial charge on any atom is 0.409 e. The number of hydrogen-bond donors (Lipinski definition) is 3. The SMILES string of the molecule is N[C@H](c1[nH]ccc1O)C(F)(F)F. The number of halogens is 3. The highest BCUT2D eigenvalue weighted by molar-refractivity contribution is 5.29. The fourth-order valence-corrected chi connectivity index (χ4v) is 0.787. The number of aromatic nitrogens is 1. The first-order chi connectivity index (χ1) is 5.43. The highest BCUT2D eigenvalue weighted by atomic mass is 19.4. The van der Waals surface area contributed by atoms with Crippen molar-refractivity contribution in [2.45, 2.75) is 12.2 Å². The van der Waals surface area contributed by atoms with Gasteiger partial charge in [-0.2, -0.15) is 13.2 Å². The number of aromatic hydroxyl groups is 1. The molecule has 0 fully saturated rings. The topological polar surface area (TPSA) is 62.0 Å². The van der Waals surface area contributed by atoms with Gasteiger partial charge in [0.2, 0.25) is 0 Å². The molecular formula is C6H7F3N2O. The zero-order valence-electron chi connectivity index (χ0n) is 5.89. The van der Waals surface area contributed by atoms with E-state index in [2.05, 4.69) is 4.98 Å². The lowest BCUT2D eigenvalue weighted by atomic mass is 10.2. The van der Waals surface area contributed by atoms with Crippen LogP contribution < -0.4 is 5.73 Å². The van der Waals surface area contributed by atoms with E-state index in [1.807, 2.05) is 0 Å². The van der Waals surface area contributed by atoms with Gasteiger partial charge in [-0.3, -0.25) is 0 Å². The van der Waals surface area contributed by atoms with Crippen molar-refractivity contribution in [2.75, 3.05) is 0 Å². The summed E-state index contributed by atoms with van der Waals surface area (Å²) in [5.41, 5.74) is 4.39. The lowest BCUT2D eigenvalue weighted by molar-refractivity contribution is -0.150. The molecule has 0 amide bonds. The average molecular weight is 180 g/mol. The third-order valence-electron chi connectivity index (χ3n) is 1.42. The van der Waals surface area contributed by atoms with Crippen LogP contribution in [0.3, 0.4) is 0 Å². The molecule has 0 bridgehead atoms. The smallest absolute Gasteiger partial charge is 0.409 e. The minimum absolute atomic E-state index is 0.414. The van der Waals surface area contributed by atoms with Gasteiger partial charge in [0, 0.05) is 6.20 Å². The summed E-state index contributed by atoms with van der Waals surface area (Å²) < 4.78 is 35.8. The summed E-state index contributed by atoms with van der Waals surface area (Å²) in [6.45, 7) is 0. The van der Waals surface area contributed by atoms with Crippen molar-refractivity contribution in [2.24, 2.45) is 5.73 Å². The maximum absolute atomic E-state index is 11.9. The van der Waals surface area contributed by atoms with Gasteiger partial charge in [-0.1, -0.05) is 0 Å². The van der Waals surface area contributed by atoms with Gasteiger partial charge in [-0.05, 0) is 6.07 Å². The third-order valence-corrected chi connectivity index (χ3v) is 1.42. The highest BCUT2D eigenvalue weighted by Crippen LogP contribution is 2.33. The highest BCUT2D eigenvalue weighted by Gasteiger charge is 2.39. The number of nitrogens with two attached hydrogens (primary N) is 1. The van der Waals surface area contributed by atoms with Gasteiger partial charge >= 0.3 is 6.18 Å². The molecule has 6 heteroatoms. The second-order valence-electron chi connectivity index (χ2n) is 2.30. The third kappa shape index (κ3) is 1.53. The van der Waals surface area contributed by atoms with Crippen molar-refractivity contribution in [3.05, 3.63) is 18.0 Å². The number of hydrogen-bond acceptors (Lipinski definition) is 2. The van der Waals surface area contributed by atoms with Crippen molar-refractivity contribution in [3.63, 3.8) is 0 Å². The molecule has 0 saturated carbocycles. The number of aromatic amines is 1. The molecule has 4 N–H and O–H groups in total. The molecule has 0 aliphatic heterocycles. The van der Waals surface area contributed by atoms with Gasteiger partial charge in [0.05, 0.1) is 5.69 Å². The molecule has 68 valence electrons. The molecule has 1 atom stereocenters. The minimum Gasteiger partial charge on any atom is -0.506 e. The molecule has 0 radical (unpaired) electrons. The zero-order valence-corrected chi connectivity index (χ0v) is 5.89. The Balaban J connectivity index is 2.92. The van der Waals surface area contributed by atoms with E-state index in [0.29, 0.717) is 0 Å². The predicted octanol–water partition coefficient (Wildman–Crippen LogP) is 1.28. The van der Waals surface area contributed by atoms with Crippen LogP contribution in [0.25, 0.3) is 0 Å². The Kier molecular flexibility index (Phi) is 2.01. The summed E-state index contributed by atoms with van der Waals surface area (Å²) in [6.07, 6.45) is -3.35. The molecule has 0 aliphatic rings. The van der Waals surface area contributed by atoms with Crippen LogP contribution in [-0.2, 0) is 0 Å². The van der Waals surface area contributed by atoms with Crippen molar-refractivity contribution in [1.82, 2.24) is 4.98 Å². The Labute approximate surface area is 66.0 Å². The second-order valence-corrected chi connectivity index (χ2v) is 2.30. The lowest BCUT2D eigenvalue weighted by Crippen LogP contribution is -2.28. The van der Waals surface area contributed by atoms with Crippen LogP contribution in [-0.4, -0.2) is 16.3 Å². The summed E-state index contributed by atoms with van der Waals surface area (Å²) in [4.78, 5) is 2.22. The fraction of sp³-hybridized carbons (Fsp3) is 0.333. The second kappa shape index (κ2) is 2.71. The van der Waals surface area contributed by atoms with Crippen LogP contribution in [0.5, 0.6) is 5.75 Å². The van der Waals surface area contributed by atoms with Gasteiger partial charge in [0.25, 0.3) is 0 Å². The molecule has 0 saturated heterocycles. The molecular weight excluding hydrogens is 173 g/mol. The number of rotatable bonds is 1. The molecule has 1 heterocycles. The summed E-state index contributed by atoms with van der Waals surface area (Å²) in [5.74, 6) is -0.472. The van der Waals surface area contributed by atoms with Gasteiger partial charge < -0.3 is 15.8 Å². The molecule has 3 nitrogen and oxygen atoms in total. The average Bonchev–Trinajstić information content (AvgIpc) is 2.31. The molecule has 1 rings (SSSR count). The molecule has 1 aromatic heterocycles. The van der Waals surface area contributed by atoms with Crippen molar-refractivity contribution < 1.29 is 18.3 Å². The van der Waals surface area contributed by atoms with E-state index in [4.69, 9.17) is 10.8 Å². The van der Waals surface area contributed by atoms with Crippen LogP contribution in [0.1, 0.15) is 11.7 Å². The van der Waals surface area contributed by atoms with E-state index in [9.17, 15) is 13.2 Å². The summed E-state index contributed by atoms with van der Waals surface area (Å²) in [6, 6.07) is -1.05. The summed E-state index contributed by atoms with van der Waals surface area (Å²) in [5, 5.41) is 8.87. The van der Waals surface area contributed by atoms with Crippen LogP contribution in [0.15, 0.2) is 12.3 Å². The minimum atomic E-state index is -4.54. The number of alkyl halides is 3. The van der Waals surface area contributed by atoms with E-state index in [1.54, 1.807) is 0 Å². The lowest BCUT2D eigenvalue weighted by Gasteiger charge is -2.14. The quantitative estimate of drug-likeness (QED) is 0.609. The molecule has 0 spiro atoms. The van der Waals surface area contributed by atoms with Crippen LogP contribution in [0.2, 0.25) is 0 Å². The van der Waals surface area contributed by atoms with E-state index >= 15 is 0 Å². The van der Waals surface area contributed by atoms with Crippen molar-refractivity contribution >= 4 is 0 Å². The Bertz CT molecular complexity index is 268. The van der Waals surface area contributed by atoms with E-state index in [0.717, 1.165) is 6.07 Å². The predicted molar refractivity (Wildman–Crippen MR) is 35.4 cm³/mol. The van der Waals surface area contributed by atoms with Gasteiger partial charge in [0.15, 0.2) is 0 Å². The number of H-pyrrole nitrogens is 1.